The minimum Gasteiger partial charge on any atom is -0.316 e. The molecule has 4 nitrogen and oxygen atoms in total. The quantitative estimate of drug-likeness (QED) is 0.875. The first-order chi connectivity index (χ1) is 9.40. The normalized spacial score (nSPS) is 19.1. The van der Waals surface area contributed by atoms with Crippen molar-refractivity contribution in [2.75, 3.05) is 19.6 Å². The lowest BCUT2D eigenvalue weighted by Crippen LogP contribution is -2.38. The predicted octanol–water partition coefficient (Wildman–Crippen LogP) is 1.80. The lowest BCUT2D eigenvalue weighted by molar-refractivity contribution is 0.375. The standard InChI is InChI=1S/C12H15F3N2O2S.ClH/c13-9-4-10(14)12(11(15)5-9)20(18,19)17-7-8-2-1-3-16-6-8;/h4-5,8,16-17H,1-3,6-7H2;1H. The van der Waals surface area contributed by atoms with Crippen molar-refractivity contribution in [2.24, 2.45) is 5.92 Å². The zero-order chi connectivity index (χ0) is 14.8. The molecular formula is C12H16ClF3N2O2S. The molecule has 0 aliphatic carbocycles. The highest BCUT2D eigenvalue weighted by atomic mass is 35.5. The first-order valence-corrected chi connectivity index (χ1v) is 7.73. The number of hydrogen-bond acceptors (Lipinski definition) is 3. The molecular weight excluding hydrogens is 329 g/mol. The van der Waals surface area contributed by atoms with E-state index in [2.05, 4.69) is 10.0 Å². The first kappa shape index (κ1) is 18.2. The van der Waals surface area contributed by atoms with Crippen molar-refractivity contribution in [3.05, 3.63) is 29.6 Å². The van der Waals surface area contributed by atoms with Crippen LogP contribution in [-0.2, 0) is 10.0 Å². The summed E-state index contributed by atoms with van der Waals surface area (Å²) in [5.41, 5.74) is 0. The Morgan fingerprint density at radius 1 is 1.24 bits per heavy atom. The monoisotopic (exact) mass is 344 g/mol. The highest BCUT2D eigenvalue weighted by Crippen LogP contribution is 2.20. The SMILES string of the molecule is Cl.O=S(=O)(NCC1CCCNC1)c1c(F)cc(F)cc1F. The molecule has 1 atom stereocenters. The second-order valence-corrected chi connectivity index (χ2v) is 6.47. The Morgan fingerprint density at radius 2 is 1.86 bits per heavy atom. The molecule has 0 radical (unpaired) electrons. The van der Waals surface area contributed by atoms with Gasteiger partial charge in [-0.1, -0.05) is 0 Å². The molecule has 0 saturated carbocycles. The molecule has 1 heterocycles. The summed E-state index contributed by atoms with van der Waals surface area (Å²) < 4.78 is 65.7. The van der Waals surface area contributed by atoms with Crippen LogP contribution in [0.15, 0.2) is 17.0 Å². The second-order valence-electron chi connectivity index (χ2n) is 4.76. The number of hydrogen-bond donors (Lipinski definition) is 2. The Hall–Kier alpha value is -0.830. The van der Waals surface area contributed by atoms with Crippen molar-refractivity contribution in [3.8, 4) is 0 Å². The summed E-state index contributed by atoms with van der Waals surface area (Å²) in [6, 6.07) is 0.694. The average Bonchev–Trinajstić information content (AvgIpc) is 2.36. The van der Waals surface area contributed by atoms with Gasteiger partial charge in [0.1, 0.15) is 17.5 Å². The van der Waals surface area contributed by atoms with Gasteiger partial charge < -0.3 is 5.32 Å². The molecule has 21 heavy (non-hydrogen) atoms. The third-order valence-corrected chi connectivity index (χ3v) is 4.67. The van der Waals surface area contributed by atoms with Gasteiger partial charge in [0.25, 0.3) is 0 Å². The molecule has 1 aromatic carbocycles. The van der Waals surface area contributed by atoms with E-state index in [4.69, 9.17) is 0 Å². The average molecular weight is 345 g/mol. The molecule has 1 aliphatic heterocycles. The molecule has 1 aromatic rings. The summed E-state index contributed by atoms with van der Waals surface area (Å²) in [7, 11) is -4.33. The Kier molecular flexibility index (Phi) is 6.45. The van der Waals surface area contributed by atoms with Gasteiger partial charge in [0.2, 0.25) is 10.0 Å². The van der Waals surface area contributed by atoms with Crippen molar-refractivity contribution >= 4 is 22.4 Å². The Morgan fingerprint density at radius 3 is 2.38 bits per heavy atom. The number of piperidine rings is 1. The summed E-state index contributed by atoms with van der Waals surface area (Å²) >= 11 is 0. The van der Waals surface area contributed by atoms with Gasteiger partial charge in [-0.15, -0.1) is 12.4 Å². The van der Waals surface area contributed by atoms with E-state index in [-0.39, 0.29) is 24.9 Å². The molecule has 1 aliphatic rings. The van der Waals surface area contributed by atoms with E-state index >= 15 is 0 Å². The summed E-state index contributed by atoms with van der Waals surface area (Å²) in [4.78, 5) is -1.14. The predicted molar refractivity (Wildman–Crippen MR) is 74.3 cm³/mol. The van der Waals surface area contributed by atoms with E-state index in [0.717, 1.165) is 19.4 Å². The maximum atomic E-state index is 13.5. The van der Waals surface area contributed by atoms with Crippen LogP contribution in [0.25, 0.3) is 0 Å². The van der Waals surface area contributed by atoms with Gasteiger partial charge in [0, 0.05) is 18.7 Å². The molecule has 1 saturated heterocycles. The van der Waals surface area contributed by atoms with Gasteiger partial charge in [0.15, 0.2) is 4.90 Å². The minimum absolute atomic E-state index is 0. The number of halogens is 4. The van der Waals surface area contributed by atoms with Crippen molar-refractivity contribution in [1.29, 1.82) is 0 Å². The largest absolute Gasteiger partial charge is 0.316 e. The van der Waals surface area contributed by atoms with E-state index in [1.54, 1.807) is 0 Å². The summed E-state index contributed by atoms with van der Waals surface area (Å²) in [5, 5.41) is 3.11. The fourth-order valence-electron chi connectivity index (χ4n) is 2.18. The van der Waals surface area contributed by atoms with Crippen LogP contribution in [0.3, 0.4) is 0 Å². The van der Waals surface area contributed by atoms with Crippen LogP contribution >= 0.6 is 12.4 Å². The number of nitrogens with one attached hydrogen (secondary N) is 2. The van der Waals surface area contributed by atoms with Crippen molar-refractivity contribution < 1.29 is 21.6 Å². The van der Waals surface area contributed by atoms with Crippen molar-refractivity contribution in [3.63, 3.8) is 0 Å². The smallest absolute Gasteiger partial charge is 0.246 e. The molecule has 0 spiro atoms. The molecule has 9 heteroatoms. The maximum Gasteiger partial charge on any atom is 0.246 e. The Balaban J connectivity index is 0.00000220. The zero-order valence-electron chi connectivity index (χ0n) is 11.0. The van der Waals surface area contributed by atoms with Crippen LogP contribution in [0.1, 0.15) is 12.8 Å². The lowest BCUT2D eigenvalue weighted by Gasteiger charge is -2.22. The fraction of sp³-hybridized carbons (Fsp3) is 0.500. The second kappa shape index (κ2) is 7.44. The molecule has 2 N–H and O–H groups in total. The van der Waals surface area contributed by atoms with Crippen LogP contribution in [0.2, 0.25) is 0 Å². The van der Waals surface area contributed by atoms with Crippen LogP contribution in [-0.4, -0.2) is 28.1 Å². The first-order valence-electron chi connectivity index (χ1n) is 6.25. The fourth-order valence-corrected chi connectivity index (χ4v) is 3.41. The van der Waals surface area contributed by atoms with E-state index in [0.29, 0.717) is 18.7 Å². The van der Waals surface area contributed by atoms with Crippen LogP contribution in [0, 0.1) is 23.4 Å². The molecule has 2 rings (SSSR count). The number of benzene rings is 1. The van der Waals surface area contributed by atoms with Gasteiger partial charge >= 0.3 is 0 Å². The van der Waals surface area contributed by atoms with Gasteiger partial charge in [-0.05, 0) is 31.8 Å². The van der Waals surface area contributed by atoms with Crippen LogP contribution < -0.4 is 10.0 Å². The van der Waals surface area contributed by atoms with Crippen LogP contribution in [0.5, 0.6) is 0 Å². The molecule has 1 unspecified atom stereocenters. The van der Waals surface area contributed by atoms with Crippen molar-refractivity contribution in [1.82, 2.24) is 10.0 Å². The number of rotatable bonds is 4. The van der Waals surface area contributed by atoms with E-state index in [1.807, 2.05) is 0 Å². The van der Waals surface area contributed by atoms with Crippen LogP contribution in [0.4, 0.5) is 13.2 Å². The molecule has 0 amide bonds. The Labute approximate surface area is 127 Å². The molecule has 0 bridgehead atoms. The Bertz CT molecular complexity index is 569. The van der Waals surface area contributed by atoms with E-state index in [9.17, 15) is 21.6 Å². The molecule has 120 valence electrons. The van der Waals surface area contributed by atoms with E-state index < -0.39 is 32.4 Å². The third kappa shape index (κ3) is 4.57. The molecule has 1 fully saturated rings. The van der Waals surface area contributed by atoms with Gasteiger partial charge in [-0.25, -0.2) is 26.3 Å². The molecule has 0 aromatic heterocycles. The summed E-state index contributed by atoms with van der Waals surface area (Å²) in [5.74, 6) is -3.95. The summed E-state index contributed by atoms with van der Waals surface area (Å²) in [6.07, 6.45) is 1.76. The van der Waals surface area contributed by atoms with Gasteiger partial charge in [-0.2, -0.15) is 0 Å². The maximum absolute atomic E-state index is 13.5. The number of sulfonamides is 1. The summed E-state index contributed by atoms with van der Waals surface area (Å²) in [6.45, 7) is 1.62. The highest BCUT2D eigenvalue weighted by molar-refractivity contribution is 7.89. The van der Waals surface area contributed by atoms with Crippen molar-refractivity contribution in [2.45, 2.75) is 17.7 Å². The topological polar surface area (TPSA) is 58.2 Å². The zero-order valence-corrected chi connectivity index (χ0v) is 12.7. The lowest BCUT2D eigenvalue weighted by atomic mass is 10.0. The van der Waals surface area contributed by atoms with Gasteiger partial charge in [-0.3, -0.25) is 0 Å². The third-order valence-electron chi connectivity index (χ3n) is 3.19. The van der Waals surface area contributed by atoms with Gasteiger partial charge in [0.05, 0.1) is 0 Å². The highest BCUT2D eigenvalue weighted by Gasteiger charge is 2.26. The van der Waals surface area contributed by atoms with E-state index in [1.165, 1.54) is 0 Å². The minimum atomic E-state index is -4.33.